The molecule has 0 saturated heterocycles. The van der Waals surface area contributed by atoms with E-state index in [9.17, 15) is 4.79 Å². The number of amides is 1. The minimum Gasteiger partial charge on any atom is -0.355 e. The molecule has 2 rings (SSSR count). The Morgan fingerprint density at radius 2 is 2.09 bits per heavy atom. The van der Waals surface area contributed by atoms with E-state index in [0.29, 0.717) is 18.2 Å². The lowest BCUT2D eigenvalue weighted by atomic mass is 10.2. The fourth-order valence-electron chi connectivity index (χ4n) is 2.05. The van der Waals surface area contributed by atoms with Crippen LogP contribution in [0.5, 0.6) is 0 Å². The number of carbonyl (C=O) groups excluding carboxylic acids is 1. The molecule has 0 bridgehead atoms. The van der Waals surface area contributed by atoms with Crippen molar-refractivity contribution in [3.8, 4) is 11.4 Å². The lowest BCUT2D eigenvalue weighted by molar-refractivity contribution is -0.118. The lowest BCUT2D eigenvalue weighted by Crippen LogP contribution is -2.28. The zero-order chi connectivity index (χ0) is 16.8. The van der Waals surface area contributed by atoms with Gasteiger partial charge in [-0.25, -0.2) is 0 Å². The molecule has 0 saturated carbocycles. The molecule has 0 aliphatic rings. The molecule has 23 heavy (non-hydrogen) atoms. The summed E-state index contributed by atoms with van der Waals surface area (Å²) in [6.45, 7) is 10.5. The number of nitrogens with one attached hydrogen (secondary N) is 1. The van der Waals surface area contributed by atoms with Crippen molar-refractivity contribution in [2.45, 2.75) is 45.9 Å². The maximum atomic E-state index is 11.8. The van der Waals surface area contributed by atoms with E-state index in [1.807, 2.05) is 29.3 Å². The third kappa shape index (κ3) is 4.57. The van der Waals surface area contributed by atoms with E-state index in [1.54, 1.807) is 6.20 Å². The smallest absolute Gasteiger partial charge is 0.230 e. The highest BCUT2D eigenvalue weighted by molar-refractivity contribution is 7.99. The van der Waals surface area contributed by atoms with Gasteiger partial charge in [0.2, 0.25) is 5.91 Å². The first-order valence-corrected chi connectivity index (χ1v) is 8.89. The minimum atomic E-state index is 0.0229. The standard InChI is InChI=1S/C15H24N6OS/c1-5-20-9-12(8-17-20)14-18-19-15(21(14)6-2)23-10-13(22)16-7-11(3)4/h8-9,11H,5-7,10H2,1-4H3,(H,16,22). The van der Waals surface area contributed by atoms with E-state index < -0.39 is 0 Å². The van der Waals surface area contributed by atoms with E-state index in [-0.39, 0.29) is 5.91 Å². The van der Waals surface area contributed by atoms with Crippen LogP contribution in [-0.4, -0.2) is 42.7 Å². The van der Waals surface area contributed by atoms with Gasteiger partial charge in [0.05, 0.1) is 17.5 Å². The molecule has 7 nitrogen and oxygen atoms in total. The molecule has 8 heteroatoms. The van der Waals surface area contributed by atoms with E-state index >= 15 is 0 Å². The number of rotatable bonds is 8. The van der Waals surface area contributed by atoms with Crippen molar-refractivity contribution in [1.82, 2.24) is 29.9 Å². The summed E-state index contributed by atoms with van der Waals surface area (Å²) in [5.41, 5.74) is 0.942. The molecular formula is C15H24N6OS. The van der Waals surface area contributed by atoms with Crippen LogP contribution in [0.3, 0.4) is 0 Å². The van der Waals surface area contributed by atoms with Gasteiger partial charge in [-0.15, -0.1) is 10.2 Å². The Morgan fingerprint density at radius 1 is 1.30 bits per heavy atom. The quantitative estimate of drug-likeness (QED) is 0.747. The first kappa shape index (κ1) is 17.5. The summed E-state index contributed by atoms with van der Waals surface area (Å²) in [5.74, 6) is 1.61. The fourth-order valence-corrected chi connectivity index (χ4v) is 2.88. The Bertz CT molecular complexity index is 648. The molecule has 2 aromatic heterocycles. The normalized spacial score (nSPS) is 11.2. The maximum Gasteiger partial charge on any atom is 0.230 e. The van der Waals surface area contributed by atoms with E-state index in [1.165, 1.54) is 11.8 Å². The second-order valence-electron chi connectivity index (χ2n) is 5.62. The molecule has 1 amide bonds. The van der Waals surface area contributed by atoms with Crippen LogP contribution in [0.25, 0.3) is 11.4 Å². The monoisotopic (exact) mass is 336 g/mol. The number of nitrogens with zero attached hydrogens (tertiary/aromatic N) is 5. The fraction of sp³-hybridized carbons (Fsp3) is 0.600. The summed E-state index contributed by atoms with van der Waals surface area (Å²) in [6.07, 6.45) is 3.75. The second-order valence-corrected chi connectivity index (χ2v) is 6.56. The maximum absolute atomic E-state index is 11.8. The highest BCUT2D eigenvalue weighted by Gasteiger charge is 2.15. The molecule has 0 spiro atoms. The molecule has 0 fully saturated rings. The van der Waals surface area contributed by atoms with Crippen molar-refractivity contribution in [2.24, 2.45) is 5.92 Å². The Balaban J connectivity index is 2.04. The Hall–Kier alpha value is -1.83. The van der Waals surface area contributed by atoms with Gasteiger partial charge >= 0.3 is 0 Å². The molecule has 0 aliphatic carbocycles. The van der Waals surface area contributed by atoms with Gasteiger partial charge in [0.25, 0.3) is 0 Å². The molecule has 0 radical (unpaired) electrons. The summed E-state index contributed by atoms with van der Waals surface area (Å²) in [6, 6.07) is 0. The van der Waals surface area contributed by atoms with Gasteiger partial charge in [-0.05, 0) is 19.8 Å². The van der Waals surface area contributed by atoms with Crippen molar-refractivity contribution in [3.63, 3.8) is 0 Å². The summed E-state index contributed by atoms with van der Waals surface area (Å²) in [5, 5.41) is 16.4. The number of aromatic nitrogens is 5. The molecular weight excluding hydrogens is 312 g/mol. The zero-order valence-electron chi connectivity index (χ0n) is 14.1. The predicted molar refractivity (Wildman–Crippen MR) is 91.2 cm³/mol. The Labute approximate surface area is 140 Å². The van der Waals surface area contributed by atoms with Crippen LogP contribution in [0.1, 0.15) is 27.7 Å². The van der Waals surface area contributed by atoms with Crippen LogP contribution in [-0.2, 0) is 17.9 Å². The molecule has 2 heterocycles. The number of thioether (sulfide) groups is 1. The van der Waals surface area contributed by atoms with Crippen LogP contribution in [0.4, 0.5) is 0 Å². The van der Waals surface area contributed by atoms with Crippen molar-refractivity contribution in [3.05, 3.63) is 12.4 Å². The minimum absolute atomic E-state index is 0.0229. The summed E-state index contributed by atoms with van der Waals surface area (Å²) >= 11 is 1.41. The molecule has 0 unspecified atom stereocenters. The highest BCUT2D eigenvalue weighted by Crippen LogP contribution is 2.23. The lowest BCUT2D eigenvalue weighted by Gasteiger charge is -2.08. The molecule has 0 aliphatic heterocycles. The summed E-state index contributed by atoms with van der Waals surface area (Å²) in [4.78, 5) is 11.8. The predicted octanol–water partition coefficient (Wildman–Crippen LogP) is 2.05. The van der Waals surface area contributed by atoms with Gasteiger partial charge in [-0.3, -0.25) is 9.48 Å². The van der Waals surface area contributed by atoms with Crippen molar-refractivity contribution in [2.75, 3.05) is 12.3 Å². The van der Waals surface area contributed by atoms with Crippen molar-refractivity contribution < 1.29 is 4.79 Å². The SMILES string of the molecule is CCn1cc(-c2nnc(SCC(=O)NCC(C)C)n2CC)cn1. The van der Waals surface area contributed by atoms with Crippen LogP contribution in [0, 0.1) is 5.92 Å². The largest absolute Gasteiger partial charge is 0.355 e. The first-order valence-electron chi connectivity index (χ1n) is 7.90. The number of hydrogen-bond donors (Lipinski definition) is 1. The molecule has 1 N–H and O–H groups in total. The molecule has 2 aromatic rings. The van der Waals surface area contributed by atoms with Gasteiger partial charge in [-0.2, -0.15) is 5.10 Å². The van der Waals surface area contributed by atoms with Gasteiger partial charge in [-0.1, -0.05) is 25.6 Å². The van der Waals surface area contributed by atoms with E-state index in [0.717, 1.165) is 29.6 Å². The Kier molecular flexibility index (Phi) is 6.20. The average molecular weight is 336 g/mol. The summed E-state index contributed by atoms with van der Waals surface area (Å²) in [7, 11) is 0. The third-order valence-electron chi connectivity index (χ3n) is 3.29. The highest BCUT2D eigenvalue weighted by atomic mass is 32.2. The molecule has 126 valence electrons. The van der Waals surface area contributed by atoms with Gasteiger partial charge < -0.3 is 9.88 Å². The van der Waals surface area contributed by atoms with Crippen LogP contribution in [0.15, 0.2) is 17.6 Å². The third-order valence-corrected chi connectivity index (χ3v) is 4.26. The van der Waals surface area contributed by atoms with E-state index in [2.05, 4.69) is 34.5 Å². The topological polar surface area (TPSA) is 77.6 Å². The van der Waals surface area contributed by atoms with Crippen molar-refractivity contribution in [1.29, 1.82) is 0 Å². The number of aryl methyl sites for hydroxylation is 1. The van der Waals surface area contributed by atoms with E-state index in [4.69, 9.17) is 0 Å². The second kappa shape index (κ2) is 8.14. The molecule has 0 aromatic carbocycles. The van der Waals surface area contributed by atoms with Crippen LogP contribution < -0.4 is 5.32 Å². The van der Waals surface area contributed by atoms with Gasteiger partial charge in [0.15, 0.2) is 11.0 Å². The van der Waals surface area contributed by atoms with Crippen molar-refractivity contribution >= 4 is 17.7 Å². The number of hydrogen-bond acceptors (Lipinski definition) is 5. The summed E-state index contributed by atoms with van der Waals surface area (Å²) < 4.78 is 3.87. The number of carbonyl (C=O) groups is 1. The molecule has 0 atom stereocenters. The van der Waals surface area contributed by atoms with Gasteiger partial charge in [0.1, 0.15) is 0 Å². The first-order chi connectivity index (χ1) is 11.0. The van der Waals surface area contributed by atoms with Gasteiger partial charge in [0, 0.05) is 25.8 Å². The van der Waals surface area contributed by atoms with Crippen LogP contribution >= 0.6 is 11.8 Å². The average Bonchev–Trinajstić information content (AvgIpc) is 3.16. The zero-order valence-corrected chi connectivity index (χ0v) is 14.9. The van der Waals surface area contributed by atoms with Crippen LogP contribution in [0.2, 0.25) is 0 Å². The Morgan fingerprint density at radius 3 is 2.70 bits per heavy atom.